The standard InChI is InChI=1S/C22H28N2O5/c1-15(17-8-4-3-5-9-17)22(26)24-16(2)23-13-19(25)14-27-21-12-18-10-6-7-11-20(18)28-29-21/h3-11,15-16,19,21,23,25H,12-14H2,1-2H3,(H,24,26). The minimum atomic E-state index is -0.748. The number of aliphatic hydroxyl groups is 1. The van der Waals surface area contributed by atoms with Gasteiger partial charge < -0.3 is 20.0 Å². The maximum absolute atomic E-state index is 12.4. The van der Waals surface area contributed by atoms with E-state index >= 15 is 0 Å². The van der Waals surface area contributed by atoms with E-state index in [9.17, 15) is 9.90 Å². The molecule has 3 N–H and O–H groups in total. The molecule has 1 aliphatic rings. The highest BCUT2D eigenvalue weighted by atomic mass is 17.2. The van der Waals surface area contributed by atoms with Gasteiger partial charge >= 0.3 is 0 Å². The largest absolute Gasteiger partial charge is 0.389 e. The fraction of sp³-hybridized carbons (Fsp3) is 0.409. The Labute approximate surface area is 170 Å². The summed E-state index contributed by atoms with van der Waals surface area (Å²) in [6.07, 6.45) is -1.05. The zero-order chi connectivity index (χ0) is 20.6. The van der Waals surface area contributed by atoms with Crippen molar-refractivity contribution in [1.29, 1.82) is 0 Å². The first kappa shape index (κ1) is 21.3. The van der Waals surface area contributed by atoms with Gasteiger partial charge in [0.15, 0.2) is 5.75 Å². The van der Waals surface area contributed by atoms with E-state index in [4.69, 9.17) is 14.5 Å². The summed E-state index contributed by atoms with van der Waals surface area (Å²) >= 11 is 0. The van der Waals surface area contributed by atoms with Gasteiger partial charge in [0.2, 0.25) is 12.2 Å². The first-order valence-corrected chi connectivity index (χ1v) is 9.82. The molecule has 3 rings (SSSR count). The van der Waals surface area contributed by atoms with Crippen molar-refractivity contribution < 1.29 is 24.4 Å². The van der Waals surface area contributed by atoms with E-state index in [1.807, 2.05) is 68.4 Å². The van der Waals surface area contributed by atoms with Crippen LogP contribution in [-0.4, -0.2) is 42.7 Å². The Morgan fingerprint density at radius 3 is 2.69 bits per heavy atom. The third-order valence-electron chi connectivity index (χ3n) is 4.79. The lowest BCUT2D eigenvalue weighted by molar-refractivity contribution is -0.330. The number of fused-ring (bicyclic) bond motifs is 1. The third-order valence-corrected chi connectivity index (χ3v) is 4.79. The number of nitrogens with one attached hydrogen (secondary N) is 2. The average molecular weight is 400 g/mol. The number of carbonyl (C=O) groups is 1. The minimum Gasteiger partial charge on any atom is -0.389 e. The van der Waals surface area contributed by atoms with Crippen LogP contribution in [0.2, 0.25) is 0 Å². The number of hydrogen-bond donors (Lipinski definition) is 3. The summed E-state index contributed by atoms with van der Waals surface area (Å²) in [5.41, 5.74) is 1.96. The molecule has 29 heavy (non-hydrogen) atoms. The van der Waals surface area contributed by atoms with E-state index in [2.05, 4.69) is 10.6 Å². The van der Waals surface area contributed by atoms with Gasteiger partial charge in [0, 0.05) is 18.5 Å². The topological polar surface area (TPSA) is 89.1 Å². The second-order valence-electron chi connectivity index (χ2n) is 7.18. The minimum absolute atomic E-state index is 0.0756. The van der Waals surface area contributed by atoms with Crippen LogP contribution in [0.1, 0.15) is 30.9 Å². The summed E-state index contributed by atoms with van der Waals surface area (Å²) in [7, 11) is 0. The van der Waals surface area contributed by atoms with Gasteiger partial charge in [-0.15, -0.1) is 0 Å². The molecule has 1 aliphatic heterocycles. The molecule has 156 valence electrons. The SMILES string of the molecule is CC(NCC(O)COC1Cc2ccccc2OO1)NC(=O)C(C)c1ccccc1. The highest BCUT2D eigenvalue weighted by Gasteiger charge is 2.23. The van der Waals surface area contributed by atoms with Gasteiger partial charge in [-0.2, -0.15) is 4.89 Å². The molecule has 0 fully saturated rings. The van der Waals surface area contributed by atoms with Gasteiger partial charge in [0.05, 0.1) is 24.8 Å². The molecular formula is C22H28N2O5. The van der Waals surface area contributed by atoms with E-state index in [0.29, 0.717) is 12.2 Å². The van der Waals surface area contributed by atoms with Gasteiger partial charge in [-0.05, 0) is 25.5 Å². The van der Waals surface area contributed by atoms with E-state index < -0.39 is 12.4 Å². The molecule has 4 atom stereocenters. The number of benzene rings is 2. The van der Waals surface area contributed by atoms with Crippen molar-refractivity contribution in [3.05, 3.63) is 65.7 Å². The molecule has 0 saturated heterocycles. The zero-order valence-corrected chi connectivity index (χ0v) is 16.7. The van der Waals surface area contributed by atoms with Crippen LogP contribution in [0.15, 0.2) is 54.6 Å². The lowest BCUT2D eigenvalue weighted by Gasteiger charge is -2.25. The molecule has 4 unspecified atom stereocenters. The number of ether oxygens (including phenoxy) is 1. The number of para-hydroxylation sites is 1. The Bertz CT molecular complexity index is 786. The van der Waals surface area contributed by atoms with Gasteiger partial charge in [-0.25, -0.2) is 0 Å². The van der Waals surface area contributed by atoms with E-state index in [1.165, 1.54) is 0 Å². The predicted octanol–water partition coefficient (Wildman–Crippen LogP) is 2.11. The first-order valence-electron chi connectivity index (χ1n) is 9.82. The molecule has 0 aromatic heterocycles. The van der Waals surface area contributed by atoms with E-state index in [0.717, 1.165) is 11.1 Å². The van der Waals surface area contributed by atoms with Crippen LogP contribution in [0.25, 0.3) is 0 Å². The fourth-order valence-corrected chi connectivity index (χ4v) is 3.03. The highest BCUT2D eigenvalue weighted by molar-refractivity contribution is 5.83. The number of rotatable bonds is 9. The molecule has 1 heterocycles. The molecule has 0 spiro atoms. The molecule has 1 amide bonds. The van der Waals surface area contributed by atoms with Gasteiger partial charge in [-0.3, -0.25) is 10.1 Å². The Morgan fingerprint density at radius 1 is 1.17 bits per heavy atom. The highest BCUT2D eigenvalue weighted by Crippen LogP contribution is 2.25. The zero-order valence-electron chi connectivity index (χ0n) is 16.7. The van der Waals surface area contributed by atoms with Gasteiger partial charge in [-0.1, -0.05) is 48.5 Å². The van der Waals surface area contributed by atoms with E-state index in [1.54, 1.807) is 0 Å². The van der Waals surface area contributed by atoms with Crippen LogP contribution >= 0.6 is 0 Å². The Balaban J connectivity index is 1.35. The lowest BCUT2D eigenvalue weighted by Crippen LogP contribution is -2.47. The summed E-state index contributed by atoms with van der Waals surface area (Å²) < 4.78 is 5.59. The monoisotopic (exact) mass is 400 g/mol. The predicted molar refractivity (Wildman–Crippen MR) is 108 cm³/mol. The smallest absolute Gasteiger partial charge is 0.228 e. The third kappa shape index (κ3) is 6.27. The van der Waals surface area contributed by atoms with E-state index in [-0.39, 0.29) is 31.1 Å². The molecule has 7 heteroatoms. The van der Waals surface area contributed by atoms with Crippen molar-refractivity contribution in [3.63, 3.8) is 0 Å². The van der Waals surface area contributed by atoms with Gasteiger partial charge in [0.1, 0.15) is 0 Å². The van der Waals surface area contributed by atoms with Crippen LogP contribution in [0, 0.1) is 0 Å². The van der Waals surface area contributed by atoms with Crippen LogP contribution in [-0.2, 0) is 20.8 Å². The average Bonchev–Trinajstić information content (AvgIpc) is 2.76. The molecule has 0 saturated carbocycles. The maximum Gasteiger partial charge on any atom is 0.228 e. The molecule has 0 bridgehead atoms. The normalized spacial score (nSPS) is 18.8. The second-order valence-corrected chi connectivity index (χ2v) is 7.18. The molecule has 0 aliphatic carbocycles. The maximum atomic E-state index is 12.4. The molecule has 0 radical (unpaired) electrons. The van der Waals surface area contributed by atoms with Gasteiger partial charge in [0.25, 0.3) is 0 Å². The summed E-state index contributed by atoms with van der Waals surface area (Å²) in [4.78, 5) is 22.8. The van der Waals surface area contributed by atoms with Crippen molar-refractivity contribution >= 4 is 5.91 Å². The lowest BCUT2D eigenvalue weighted by atomic mass is 10.0. The number of carbonyl (C=O) groups excluding carboxylic acids is 1. The van der Waals surface area contributed by atoms with Crippen molar-refractivity contribution in [3.8, 4) is 5.75 Å². The summed E-state index contributed by atoms with van der Waals surface area (Å²) in [6, 6.07) is 17.2. The fourth-order valence-electron chi connectivity index (χ4n) is 3.03. The Morgan fingerprint density at radius 2 is 1.90 bits per heavy atom. The number of amides is 1. The van der Waals surface area contributed by atoms with Crippen molar-refractivity contribution in [2.75, 3.05) is 13.2 Å². The van der Waals surface area contributed by atoms with Crippen molar-refractivity contribution in [2.24, 2.45) is 0 Å². The Hall–Kier alpha value is -2.45. The van der Waals surface area contributed by atoms with Crippen LogP contribution in [0.5, 0.6) is 5.75 Å². The number of hydrogen-bond acceptors (Lipinski definition) is 6. The second kappa shape index (κ2) is 10.4. The first-order chi connectivity index (χ1) is 14.0. The van der Waals surface area contributed by atoms with Crippen LogP contribution in [0.3, 0.4) is 0 Å². The molecule has 2 aromatic rings. The Kier molecular flexibility index (Phi) is 7.60. The molecule has 7 nitrogen and oxygen atoms in total. The quantitative estimate of drug-likeness (QED) is 0.441. The van der Waals surface area contributed by atoms with Crippen LogP contribution < -0.4 is 15.5 Å². The number of aliphatic hydroxyl groups excluding tert-OH is 1. The summed E-state index contributed by atoms with van der Waals surface area (Å²) in [5, 5.41) is 16.1. The van der Waals surface area contributed by atoms with Crippen molar-refractivity contribution in [2.45, 2.75) is 44.7 Å². The summed E-state index contributed by atoms with van der Waals surface area (Å²) in [5.74, 6) is 0.359. The summed E-state index contributed by atoms with van der Waals surface area (Å²) in [6.45, 7) is 4.05. The molecular weight excluding hydrogens is 372 g/mol. The molecule has 2 aromatic carbocycles. The van der Waals surface area contributed by atoms with Crippen LogP contribution in [0.4, 0.5) is 0 Å². The van der Waals surface area contributed by atoms with Crippen molar-refractivity contribution in [1.82, 2.24) is 10.6 Å².